The Kier molecular flexibility index (Phi) is 2.66. The Balaban J connectivity index is 3.10. The third-order valence-corrected chi connectivity index (χ3v) is 2.23. The number of hydrogen-bond acceptors (Lipinski definition) is 1. The molecule has 1 aromatic carbocycles. The number of benzene rings is 1. The molecule has 0 saturated carbocycles. The highest BCUT2D eigenvalue weighted by atomic mass is 19.2. The van der Waals surface area contributed by atoms with E-state index in [1.54, 1.807) is 13.8 Å². The predicted molar refractivity (Wildman–Crippen MR) is 46.2 cm³/mol. The van der Waals surface area contributed by atoms with Gasteiger partial charge in [-0.05, 0) is 31.0 Å². The van der Waals surface area contributed by atoms with Crippen LogP contribution in [0.4, 0.5) is 8.78 Å². The molecule has 0 radical (unpaired) electrons. The summed E-state index contributed by atoms with van der Waals surface area (Å²) in [4.78, 5) is 0. The summed E-state index contributed by atoms with van der Waals surface area (Å²) in [6.07, 6.45) is 0.456. The third kappa shape index (κ3) is 2.04. The zero-order chi connectivity index (χ0) is 10.1. The Bertz CT molecular complexity index is 308. The second-order valence-corrected chi connectivity index (χ2v) is 3.26. The Morgan fingerprint density at radius 1 is 1.31 bits per heavy atom. The number of aliphatic hydroxyl groups is 1. The number of rotatable bonds is 2. The van der Waals surface area contributed by atoms with Crippen molar-refractivity contribution in [2.45, 2.75) is 25.9 Å². The highest BCUT2D eigenvalue weighted by Crippen LogP contribution is 2.25. The summed E-state index contributed by atoms with van der Waals surface area (Å²) in [6.45, 7) is 3.35. The fraction of sp³-hybridized carbons (Fsp3) is 0.400. The van der Waals surface area contributed by atoms with Gasteiger partial charge in [0.1, 0.15) is 0 Å². The largest absolute Gasteiger partial charge is 0.385 e. The first-order valence-electron chi connectivity index (χ1n) is 4.15. The van der Waals surface area contributed by atoms with Crippen LogP contribution < -0.4 is 0 Å². The van der Waals surface area contributed by atoms with Crippen molar-refractivity contribution >= 4 is 0 Å². The predicted octanol–water partition coefficient (Wildman–Crippen LogP) is 2.58. The first-order chi connectivity index (χ1) is 5.97. The molecule has 13 heavy (non-hydrogen) atoms. The van der Waals surface area contributed by atoms with E-state index < -0.39 is 17.2 Å². The van der Waals surface area contributed by atoms with E-state index in [2.05, 4.69) is 0 Å². The smallest absolute Gasteiger partial charge is 0.159 e. The zero-order valence-corrected chi connectivity index (χ0v) is 7.64. The van der Waals surface area contributed by atoms with Crippen molar-refractivity contribution < 1.29 is 13.9 Å². The van der Waals surface area contributed by atoms with Crippen LogP contribution in [0.25, 0.3) is 0 Å². The first kappa shape index (κ1) is 10.1. The van der Waals surface area contributed by atoms with Crippen molar-refractivity contribution in [1.29, 1.82) is 0 Å². The van der Waals surface area contributed by atoms with E-state index >= 15 is 0 Å². The van der Waals surface area contributed by atoms with Gasteiger partial charge < -0.3 is 5.11 Å². The monoisotopic (exact) mass is 186 g/mol. The minimum Gasteiger partial charge on any atom is -0.385 e. The van der Waals surface area contributed by atoms with E-state index in [0.29, 0.717) is 12.0 Å². The molecular formula is C10H12F2O. The van der Waals surface area contributed by atoms with Gasteiger partial charge in [0, 0.05) is 0 Å². The molecule has 1 aromatic rings. The maximum Gasteiger partial charge on any atom is 0.159 e. The van der Waals surface area contributed by atoms with Gasteiger partial charge in [0.2, 0.25) is 0 Å². The van der Waals surface area contributed by atoms with E-state index in [1.807, 2.05) is 0 Å². The van der Waals surface area contributed by atoms with Gasteiger partial charge in [-0.15, -0.1) is 0 Å². The molecule has 1 rings (SSSR count). The van der Waals surface area contributed by atoms with Crippen molar-refractivity contribution in [2.75, 3.05) is 0 Å². The van der Waals surface area contributed by atoms with Crippen LogP contribution in [0.15, 0.2) is 18.2 Å². The van der Waals surface area contributed by atoms with Crippen molar-refractivity contribution in [2.24, 2.45) is 0 Å². The molecule has 0 aliphatic heterocycles. The van der Waals surface area contributed by atoms with Crippen LogP contribution in [0.3, 0.4) is 0 Å². The maximum atomic E-state index is 12.8. The van der Waals surface area contributed by atoms with Crippen molar-refractivity contribution in [3.8, 4) is 0 Å². The molecule has 1 nitrogen and oxygen atoms in total. The normalized spacial score (nSPS) is 15.5. The fourth-order valence-corrected chi connectivity index (χ4v) is 1.04. The first-order valence-corrected chi connectivity index (χ1v) is 4.15. The van der Waals surface area contributed by atoms with Gasteiger partial charge >= 0.3 is 0 Å². The molecule has 0 unspecified atom stereocenters. The van der Waals surface area contributed by atoms with Crippen LogP contribution >= 0.6 is 0 Å². The van der Waals surface area contributed by atoms with E-state index in [-0.39, 0.29) is 0 Å². The van der Waals surface area contributed by atoms with Crippen molar-refractivity contribution in [3.63, 3.8) is 0 Å². The molecule has 0 fully saturated rings. The minimum absolute atomic E-state index is 0.397. The molecule has 0 aliphatic carbocycles. The Morgan fingerprint density at radius 3 is 2.38 bits per heavy atom. The van der Waals surface area contributed by atoms with Crippen molar-refractivity contribution in [1.82, 2.24) is 0 Å². The van der Waals surface area contributed by atoms with Gasteiger partial charge in [-0.2, -0.15) is 0 Å². The summed E-state index contributed by atoms with van der Waals surface area (Å²) in [6, 6.07) is 3.44. The molecule has 72 valence electrons. The van der Waals surface area contributed by atoms with Gasteiger partial charge in [0.05, 0.1) is 5.60 Å². The molecule has 0 aromatic heterocycles. The average molecular weight is 186 g/mol. The van der Waals surface area contributed by atoms with Crippen LogP contribution in [0.1, 0.15) is 25.8 Å². The molecule has 0 saturated heterocycles. The van der Waals surface area contributed by atoms with Gasteiger partial charge in [-0.1, -0.05) is 13.0 Å². The molecule has 0 amide bonds. The zero-order valence-electron chi connectivity index (χ0n) is 7.64. The van der Waals surface area contributed by atoms with E-state index in [1.165, 1.54) is 6.07 Å². The van der Waals surface area contributed by atoms with E-state index in [0.717, 1.165) is 12.1 Å². The lowest BCUT2D eigenvalue weighted by atomic mass is 9.93. The second-order valence-electron chi connectivity index (χ2n) is 3.26. The summed E-state index contributed by atoms with van der Waals surface area (Å²) in [7, 11) is 0. The highest BCUT2D eigenvalue weighted by Gasteiger charge is 2.21. The topological polar surface area (TPSA) is 20.2 Å². The summed E-state index contributed by atoms with van der Waals surface area (Å²) < 4.78 is 25.3. The Labute approximate surface area is 76.0 Å². The summed E-state index contributed by atoms with van der Waals surface area (Å²) in [5.74, 6) is -1.82. The average Bonchev–Trinajstić information content (AvgIpc) is 2.09. The van der Waals surface area contributed by atoms with Gasteiger partial charge in [-0.3, -0.25) is 0 Å². The van der Waals surface area contributed by atoms with Crippen LogP contribution in [0.2, 0.25) is 0 Å². The van der Waals surface area contributed by atoms with Crippen LogP contribution in [0, 0.1) is 11.6 Å². The lowest BCUT2D eigenvalue weighted by Gasteiger charge is -2.21. The lowest BCUT2D eigenvalue weighted by Crippen LogP contribution is -2.19. The molecule has 0 spiro atoms. The van der Waals surface area contributed by atoms with Crippen LogP contribution in [-0.2, 0) is 5.60 Å². The van der Waals surface area contributed by atoms with Crippen LogP contribution in [0.5, 0.6) is 0 Å². The summed E-state index contributed by atoms with van der Waals surface area (Å²) >= 11 is 0. The minimum atomic E-state index is -1.09. The molecular weight excluding hydrogens is 174 g/mol. The summed E-state index contributed by atoms with van der Waals surface area (Å²) in [5, 5.41) is 9.72. The van der Waals surface area contributed by atoms with E-state index in [9.17, 15) is 13.9 Å². The molecule has 0 heterocycles. The van der Waals surface area contributed by atoms with E-state index in [4.69, 9.17) is 0 Å². The molecule has 3 heteroatoms. The van der Waals surface area contributed by atoms with Gasteiger partial charge in [-0.25, -0.2) is 8.78 Å². The lowest BCUT2D eigenvalue weighted by molar-refractivity contribution is 0.0526. The highest BCUT2D eigenvalue weighted by molar-refractivity contribution is 5.23. The fourth-order valence-electron chi connectivity index (χ4n) is 1.04. The number of hydrogen-bond donors (Lipinski definition) is 1. The SMILES string of the molecule is CC[C@](C)(O)c1ccc(F)c(F)c1. The third-order valence-electron chi connectivity index (χ3n) is 2.23. The second kappa shape index (κ2) is 3.42. The standard InChI is InChI=1S/C10H12F2O/c1-3-10(2,13)7-4-5-8(11)9(12)6-7/h4-6,13H,3H2,1-2H3/t10-/m0/s1. The Morgan fingerprint density at radius 2 is 1.92 bits per heavy atom. The number of halogens is 2. The molecule has 0 aliphatic rings. The summed E-state index contributed by atoms with van der Waals surface area (Å²) in [5.41, 5.74) is -0.692. The Hall–Kier alpha value is -0.960. The van der Waals surface area contributed by atoms with Crippen LogP contribution in [-0.4, -0.2) is 5.11 Å². The molecule has 0 bridgehead atoms. The quantitative estimate of drug-likeness (QED) is 0.752. The van der Waals surface area contributed by atoms with Crippen molar-refractivity contribution in [3.05, 3.63) is 35.4 Å². The molecule has 1 atom stereocenters. The maximum absolute atomic E-state index is 12.8. The van der Waals surface area contributed by atoms with Gasteiger partial charge in [0.25, 0.3) is 0 Å². The molecule has 1 N–H and O–H groups in total. The van der Waals surface area contributed by atoms with Gasteiger partial charge in [0.15, 0.2) is 11.6 Å².